The standard InChI is InChI=1S/C8H9N3/c1-2-4-9-8(3-1)7-5-10-11-6-7/h1,3,5-6H,2,4H2,(H,10,11). The van der Waals surface area contributed by atoms with Gasteiger partial charge >= 0.3 is 0 Å². The Kier molecular flexibility index (Phi) is 1.55. The summed E-state index contributed by atoms with van der Waals surface area (Å²) >= 11 is 0. The number of dihydropyridines is 1. The van der Waals surface area contributed by atoms with Crippen molar-refractivity contribution in [3.05, 3.63) is 30.1 Å². The number of allylic oxidation sites excluding steroid dienone is 1. The van der Waals surface area contributed by atoms with Crippen LogP contribution in [0.4, 0.5) is 0 Å². The van der Waals surface area contributed by atoms with Crippen LogP contribution in [-0.4, -0.2) is 22.5 Å². The molecule has 0 fully saturated rings. The molecule has 11 heavy (non-hydrogen) atoms. The fraction of sp³-hybridized carbons (Fsp3) is 0.250. The number of hydrogen-bond donors (Lipinski definition) is 1. The first-order valence-corrected chi connectivity index (χ1v) is 3.67. The van der Waals surface area contributed by atoms with Crippen LogP contribution in [0.3, 0.4) is 0 Å². The first kappa shape index (κ1) is 6.34. The van der Waals surface area contributed by atoms with Crippen LogP contribution < -0.4 is 0 Å². The lowest BCUT2D eigenvalue weighted by Crippen LogP contribution is -2.00. The molecule has 1 N–H and O–H groups in total. The highest BCUT2D eigenvalue weighted by molar-refractivity contribution is 6.08. The lowest BCUT2D eigenvalue weighted by molar-refractivity contribution is 0.994. The van der Waals surface area contributed by atoms with Crippen molar-refractivity contribution in [1.82, 2.24) is 10.2 Å². The number of aromatic amines is 1. The van der Waals surface area contributed by atoms with E-state index in [4.69, 9.17) is 0 Å². The van der Waals surface area contributed by atoms with E-state index in [1.54, 1.807) is 6.20 Å². The Hall–Kier alpha value is -1.38. The van der Waals surface area contributed by atoms with Gasteiger partial charge in [-0.15, -0.1) is 0 Å². The van der Waals surface area contributed by atoms with E-state index in [1.165, 1.54) is 0 Å². The lowest BCUT2D eigenvalue weighted by Gasteiger charge is -2.01. The molecule has 0 saturated heterocycles. The Bertz CT molecular complexity index is 282. The summed E-state index contributed by atoms with van der Waals surface area (Å²) in [5.41, 5.74) is 2.10. The number of H-pyrrole nitrogens is 1. The average Bonchev–Trinajstić information content (AvgIpc) is 2.58. The van der Waals surface area contributed by atoms with Crippen LogP contribution in [-0.2, 0) is 0 Å². The molecule has 3 nitrogen and oxygen atoms in total. The van der Waals surface area contributed by atoms with Crippen LogP contribution >= 0.6 is 0 Å². The molecule has 1 aromatic rings. The maximum atomic E-state index is 4.34. The number of aliphatic imine (C=N–C) groups is 1. The van der Waals surface area contributed by atoms with Crippen molar-refractivity contribution in [1.29, 1.82) is 0 Å². The molecule has 0 aliphatic carbocycles. The molecule has 0 aromatic carbocycles. The zero-order valence-electron chi connectivity index (χ0n) is 6.12. The maximum absolute atomic E-state index is 4.34. The van der Waals surface area contributed by atoms with E-state index < -0.39 is 0 Å². The minimum atomic E-state index is 0.900. The quantitative estimate of drug-likeness (QED) is 0.636. The van der Waals surface area contributed by atoms with E-state index in [2.05, 4.69) is 21.3 Å². The number of rotatable bonds is 1. The Morgan fingerprint density at radius 1 is 1.45 bits per heavy atom. The molecule has 2 rings (SSSR count). The summed E-state index contributed by atoms with van der Waals surface area (Å²) in [4.78, 5) is 4.34. The first-order valence-electron chi connectivity index (χ1n) is 3.67. The van der Waals surface area contributed by atoms with E-state index in [0.29, 0.717) is 0 Å². The molecule has 3 heteroatoms. The van der Waals surface area contributed by atoms with E-state index in [0.717, 1.165) is 24.2 Å². The van der Waals surface area contributed by atoms with Crippen LogP contribution in [0.25, 0.3) is 0 Å². The summed E-state index contributed by atoms with van der Waals surface area (Å²) in [5, 5.41) is 6.62. The third-order valence-electron chi connectivity index (χ3n) is 1.65. The number of nitrogens with zero attached hydrogens (tertiary/aromatic N) is 2. The van der Waals surface area contributed by atoms with Gasteiger partial charge in [-0.05, 0) is 12.5 Å². The van der Waals surface area contributed by atoms with E-state index in [9.17, 15) is 0 Å². The van der Waals surface area contributed by atoms with Gasteiger partial charge in [-0.1, -0.05) is 6.08 Å². The summed E-state index contributed by atoms with van der Waals surface area (Å²) in [6.45, 7) is 0.900. The van der Waals surface area contributed by atoms with E-state index in [-0.39, 0.29) is 0 Å². The van der Waals surface area contributed by atoms with Gasteiger partial charge in [0.2, 0.25) is 0 Å². The molecule has 0 spiro atoms. The average molecular weight is 147 g/mol. The van der Waals surface area contributed by atoms with Gasteiger partial charge in [-0.2, -0.15) is 5.10 Å². The highest BCUT2D eigenvalue weighted by atomic mass is 15.1. The summed E-state index contributed by atoms with van der Waals surface area (Å²) in [7, 11) is 0. The molecule has 1 aliphatic heterocycles. The molecular weight excluding hydrogens is 138 g/mol. The van der Waals surface area contributed by atoms with Gasteiger partial charge in [-0.25, -0.2) is 0 Å². The van der Waals surface area contributed by atoms with Crippen LogP contribution in [0, 0.1) is 0 Å². The Balaban J connectivity index is 2.29. The molecule has 0 bridgehead atoms. The monoisotopic (exact) mass is 147 g/mol. The summed E-state index contributed by atoms with van der Waals surface area (Å²) in [6, 6.07) is 0. The fourth-order valence-electron chi connectivity index (χ4n) is 1.09. The van der Waals surface area contributed by atoms with E-state index >= 15 is 0 Å². The highest BCUT2D eigenvalue weighted by Crippen LogP contribution is 2.04. The second-order valence-corrected chi connectivity index (χ2v) is 2.44. The van der Waals surface area contributed by atoms with Gasteiger partial charge in [0.1, 0.15) is 0 Å². The van der Waals surface area contributed by atoms with Crippen LogP contribution in [0.15, 0.2) is 29.5 Å². The third-order valence-corrected chi connectivity index (χ3v) is 1.65. The van der Waals surface area contributed by atoms with Gasteiger partial charge in [0.25, 0.3) is 0 Å². The number of aromatic nitrogens is 2. The second kappa shape index (κ2) is 2.70. The minimum absolute atomic E-state index is 0.900. The molecule has 0 saturated carbocycles. The topological polar surface area (TPSA) is 41.0 Å². The summed E-state index contributed by atoms with van der Waals surface area (Å²) in [5.74, 6) is 0. The van der Waals surface area contributed by atoms with Crippen molar-refractivity contribution >= 4 is 5.71 Å². The predicted octanol–water partition coefficient (Wildman–Crippen LogP) is 1.16. The van der Waals surface area contributed by atoms with Crippen molar-refractivity contribution in [2.45, 2.75) is 6.42 Å². The zero-order chi connectivity index (χ0) is 7.52. The lowest BCUT2D eigenvalue weighted by atomic mass is 10.1. The molecule has 0 radical (unpaired) electrons. The molecule has 0 atom stereocenters. The van der Waals surface area contributed by atoms with E-state index in [1.807, 2.05) is 12.3 Å². The summed E-state index contributed by atoms with van der Waals surface area (Å²) < 4.78 is 0. The fourth-order valence-corrected chi connectivity index (χ4v) is 1.09. The molecule has 1 aliphatic rings. The zero-order valence-corrected chi connectivity index (χ0v) is 6.12. The Labute approximate surface area is 64.9 Å². The first-order chi connectivity index (χ1) is 5.47. The normalized spacial score (nSPS) is 16.5. The molecule has 56 valence electrons. The molecule has 2 heterocycles. The smallest absolute Gasteiger partial charge is 0.0675 e. The largest absolute Gasteiger partial charge is 0.285 e. The minimum Gasteiger partial charge on any atom is -0.285 e. The van der Waals surface area contributed by atoms with Crippen molar-refractivity contribution < 1.29 is 0 Å². The Morgan fingerprint density at radius 3 is 3.09 bits per heavy atom. The summed E-state index contributed by atoms with van der Waals surface area (Å²) in [6.07, 6.45) is 8.87. The van der Waals surface area contributed by atoms with Gasteiger partial charge in [0, 0.05) is 18.3 Å². The molecular formula is C8H9N3. The molecule has 1 aromatic heterocycles. The SMILES string of the molecule is C1=CC(c2cn[nH]c2)=NCC1. The Morgan fingerprint density at radius 2 is 2.45 bits per heavy atom. The maximum Gasteiger partial charge on any atom is 0.0675 e. The van der Waals surface area contributed by atoms with Crippen molar-refractivity contribution in [2.75, 3.05) is 6.54 Å². The van der Waals surface area contributed by atoms with Crippen LogP contribution in [0.1, 0.15) is 12.0 Å². The number of hydrogen-bond acceptors (Lipinski definition) is 2. The van der Waals surface area contributed by atoms with Crippen LogP contribution in [0.2, 0.25) is 0 Å². The van der Waals surface area contributed by atoms with Crippen molar-refractivity contribution in [3.63, 3.8) is 0 Å². The highest BCUT2D eigenvalue weighted by Gasteiger charge is 2.01. The predicted molar refractivity (Wildman–Crippen MR) is 43.7 cm³/mol. The van der Waals surface area contributed by atoms with Gasteiger partial charge < -0.3 is 0 Å². The van der Waals surface area contributed by atoms with Gasteiger partial charge in [0.15, 0.2) is 0 Å². The molecule has 0 amide bonds. The number of nitrogens with one attached hydrogen (secondary N) is 1. The van der Waals surface area contributed by atoms with Crippen LogP contribution in [0.5, 0.6) is 0 Å². The second-order valence-electron chi connectivity index (χ2n) is 2.44. The van der Waals surface area contributed by atoms with Crippen molar-refractivity contribution in [2.24, 2.45) is 4.99 Å². The van der Waals surface area contributed by atoms with Crippen molar-refractivity contribution in [3.8, 4) is 0 Å². The third kappa shape index (κ3) is 1.22. The molecule has 0 unspecified atom stereocenters. The van der Waals surface area contributed by atoms with Gasteiger partial charge in [-0.3, -0.25) is 10.1 Å². The van der Waals surface area contributed by atoms with Gasteiger partial charge in [0.05, 0.1) is 11.9 Å².